The number of nitrogens with two attached hydrogens (primary N) is 1. The van der Waals surface area contributed by atoms with E-state index in [0.29, 0.717) is 19.2 Å². The molecule has 0 saturated carbocycles. The van der Waals surface area contributed by atoms with E-state index in [-0.39, 0.29) is 0 Å². The van der Waals surface area contributed by atoms with Crippen LogP contribution in [0.2, 0.25) is 0 Å². The zero-order valence-corrected chi connectivity index (χ0v) is 12.6. The molecule has 3 heteroatoms. The summed E-state index contributed by atoms with van der Waals surface area (Å²) in [7, 11) is 0. The van der Waals surface area contributed by atoms with Crippen molar-refractivity contribution >= 4 is 0 Å². The minimum absolute atomic E-state index is 0.415. The first kappa shape index (κ1) is 15.5. The third-order valence-electron chi connectivity index (χ3n) is 3.33. The minimum Gasteiger partial charge on any atom is -0.489 e. The lowest BCUT2D eigenvalue weighted by molar-refractivity contribution is 0.306. The van der Waals surface area contributed by atoms with Gasteiger partial charge >= 0.3 is 0 Å². The van der Waals surface area contributed by atoms with Crippen LogP contribution in [0.15, 0.2) is 54.6 Å². The molecule has 3 N–H and O–H groups in total. The molecule has 21 heavy (non-hydrogen) atoms. The van der Waals surface area contributed by atoms with Gasteiger partial charge in [-0.15, -0.1) is 0 Å². The smallest absolute Gasteiger partial charge is 0.120 e. The Morgan fingerprint density at radius 3 is 2.57 bits per heavy atom. The predicted octanol–water partition coefficient (Wildman–Crippen LogP) is 2.74. The van der Waals surface area contributed by atoms with Crippen molar-refractivity contribution in [3.8, 4) is 5.75 Å². The Morgan fingerprint density at radius 1 is 1.05 bits per heavy atom. The van der Waals surface area contributed by atoms with Crippen LogP contribution in [-0.2, 0) is 13.0 Å². The van der Waals surface area contributed by atoms with Crippen molar-refractivity contribution in [2.75, 3.05) is 13.1 Å². The zero-order valence-electron chi connectivity index (χ0n) is 12.6. The largest absolute Gasteiger partial charge is 0.489 e. The molecule has 0 fully saturated rings. The number of nitrogens with one attached hydrogen (secondary N) is 1. The molecule has 2 aromatic carbocycles. The number of benzene rings is 2. The number of hydrogen-bond donors (Lipinski definition) is 2. The standard InChI is InChI=1S/C18H24N2O/c1-15(20-11-10-19)12-17-8-5-9-18(13-17)21-14-16-6-3-2-4-7-16/h2-9,13,15,20H,10-12,14,19H2,1H3. The summed E-state index contributed by atoms with van der Waals surface area (Å²) in [6.45, 7) is 4.30. The van der Waals surface area contributed by atoms with Crippen LogP contribution in [-0.4, -0.2) is 19.1 Å². The second-order valence-corrected chi connectivity index (χ2v) is 5.27. The first-order valence-corrected chi connectivity index (χ1v) is 7.47. The molecule has 0 heterocycles. The van der Waals surface area contributed by atoms with Crippen LogP contribution in [0.4, 0.5) is 0 Å². The van der Waals surface area contributed by atoms with Crippen molar-refractivity contribution in [3.63, 3.8) is 0 Å². The topological polar surface area (TPSA) is 47.3 Å². The molecule has 1 atom stereocenters. The van der Waals surface area contributed by atoms with Crippen molar-refractivity contribution in [2.45, 2.75) is 26.0 Å². The average Bonchev–Trinajstić information content (AvgIpc) is 2.52. The zero-order chi connectivity index (χ0) is 14.9. The molecule has 1 unspecified atom stereocenters. The quantitative estimate of drug-likeness (QED) is 0.783. The molecule has 0 spiro atoms. The average molecular weight is 284 g/mol. The minimum atomic E-state index is 0.415. The van der Waals surface area contributed by atoms with Crippen LogP contribution >= 0.6 is 0 Å². The lowest BCUT2D eigenvalue weighted by atomic mass is 10.1. The highest BCUT2D eigenvalue weighted by Gasteiger charge is 2.04. The van der Waals surface area contributed by atoms with Crippen LogP contribution in [0.5, 0.6) is 5.75 Å². The highest BCUT2D eigenvalue weighted by molar-refractivity contribution is 5.29. The van der Waals surface area contributed by atoms with Crippen molar-refractivity contribution in [3.05, 3.63) is 65.7 Å². The second-order valence-electron chi connectivity index (χ2n) is 5.27. The van der Waals surface area contributed by atoms with Gasteiger partial charge in [-0.2, -0.15) is 0 Å². The van der Waals surface area contributed by atoms with Crippen molar-refractivity contribution in [2.24, 2.45) is 5.73 Å². The maximum absolute atomic E-state index is 5.86. The van der Waals surface area contributed by atoms with E-state index < -0.39 is 0 Å². The molecule has 0 amide bonds. The van der Waals surface area contributed by atoms with Gasteiger partial charge in [0, 0.05) is 19.1 Å². The van der Waals surface area contributed by atoms with Crippen LogP contribution in [0.25, 0.3) is 0 Å². The van der Waals surface area contributed by atoms with Gasteiger partial charge in [-0.1, -0.05) is 42.5 Å². The molecular formula is C18H24N2O. The number of hydrogen-bond acceptors (Lipinski definition) is 3. The van der Waals surface area contributed by atoms with E-state index in [0.717, 1.165) is 18.7 Å². The number of ether oxygens (including phenoxy) is 1. The Balaban J connectivity index is 1.88. The van der Waals surface area contributed by atoms with Gasteiger partial charge in [0.15, 0.2) is 0 Å². The van der Waals surface area contributed by atoms with E-state index >= 15 is 0 Å². The molecular weight excluding hydrogens is 260 g/mol. The molecule has 3 nitrogen and oxygen atoms in total. The lowest BCUT2D eigenvalue weighted by Crippen LogP contribution is -2.32. The van der Waals surface area contributed by atoms with Crippen LogP contribution in [0.3, 0.4) is 0 Å². The Hall–Kier alpha value is -1.84. The Bertz CT molecular complexity index is 528. The molecule has 0 aromatic heterocycles. The van der Waals surface area contributed by atoms with Crippen LogP contribution < -0.4 is 15.8 Å². The fraction of sp³-hybridized carbons (Fsp3) is 0.333. The Morgan fingerprint density at radius 2 is 1.81 bits per heavy atom. The summed E-state index contributed by atoms with van der Waals surface area (Å²) in [5.74, 6) is 0.919. The Labute approximate surface area is 127 Å². The molecule has 0 aliphatic heterocycles. The van der Waals surface area contributed by atoms with Gasteiger partial charge in [0.25, 0.3) is 0 Å². The van der Waals surface area contributed by atoms with Gasteiger partial charge in [-0.3, -0.25) is 0 Å². The monoisotopic (exact) mass is 284 g/mol. The van der Waals surface area contributed by atoms with Crippen molar-refractivity contribution in [1.29, 1.82) is 0 Å². The normalized spacial score (nSPS) is 12.1. The predicted molar refractivity (Wildman–Crippen MR) is 87.4 cm³/mol. The third kappa shape index (κ3) is 5.58. The molecule has 112 valence electrons. The molecule has 2 aromatic rings. The molecule has 0 bridgehead atoms. The molecule has 0 aliphatic rings. The van der Waals surface area contributed by atoms with Crippen LogP contribution in [0, 0.1) is 0 Å². The molecule has 0 aliphatic carbocycles. The van der Waals surface area contributed by atoms with Crippen molar-refractivity contribution in [1.82, 2.24) is 5.32 Å². The Kier molecular flexibility index (Phi) is 6.25. The summed E-state index contributed by atoms with van der Waals surface area (Å²) in [6, 6.07) is 18.9. The molecule has 0 saturated heterocycles. The highest BCUT2D eigenvalue weighted by atomic mass is 16.5. The summed E-state index contributed by atoms with van der Waals surface area (Å²) >= 11 is 0. The van der Waals surface area contributed by atoms with E-state index in [1.807, 2.05) is 30.3 Å². The van der Waals surface area contributed by atoms with E-state index in [4.69, 9.17) is 10.5 Å². The van der Waals surface area contributed by atoms with Gasteiger partial charge in [0.05, 0.1) is 0 Å². The van der Waals surface area contributed by atoms with Gasteiger partial charge in [0.2, 0.25) is 0 Å². The summed E-state index contributed by atoms with van der Waals surface area (Å²) in [5.41, 5.74) is 7.96. The van der Waals surface area contributed by atoms with E-state index in [1.165, 1.54) is 11.1 Å². The van der Waals surface area contributed by atoms with Crippen LogP contribution in [0.1, 0.15) is 18.1 Å². The number of rotatable bonds is 8. The molecule has 2 rings (SSSR count). The van der Waals surface area contributed by atoms with E-state index in [9.17, 15) is 0 Å². The van der Waals surface area contributed by atoms with Gasteiger partial charge < -0.3 is 15.8 Å². The van der Waals surface area contributed by atoms with E-state index in [2.05, 4.69) is 36.5 Å². The van der Waals surface area contributed by atoms with Gasteiger partial charge in [-0.25, -0.2) is 0 Å². The summed E-state index contributed by atoms with van der Waals surface area (Å²) in [5, 5.41) is 3.39. The maximum Gasteiger partial charge on any atom is 0.120 e. The summed E-state index contributed by atoms with van der Waals surface area (Å²) < 4.78 is 5.86. The molecule has 0 radical (unpaired) electrons. The summed E-state index contributed by atoms with van der Waals surface area (Å²) in [6.07, 6.45) is 0.975. The fourth-order valence-electron chi connectivity index (χ4n) is 2.26. The second kappa shape index (κ2) is 8.45. The maximum atomic E-state index is 5.86. The van der Waals surface area contributed by atoms with Gasteiger partial charge in [-0.05, 0) is 36.6 Å². The first-order chi connectivity index (χ1) is 10.3. The fourth-order valence-corrected chi connectivity index (χ4v) is 2.26. The van der Waals surface area contributed by atoms with Crippen molar-refractivity contribution < 1.29 is 4.74 Å². The lowest BCUT2D eigenvalue weighted by Gasteiger charge is -2.14. The summed E-state index contributed by atoms with van der Waals surface area (Å²) in [4.78, 5) is 0. The van der Waals surface area contributed by atoms with Gasteiger partial charge in [0.1, 0.15) is 12.4 Å². The SMILES string of the molecule is CC(Cc1cccc(OCc2ccccc2)c1)NCCN. The highest BCUT2D eigenvalue weighted by Crippen LogP contribution is 2.16. The van der Waals surface area contributed by atoms with E-state index in [1.54, 1.807) is 0 Å². The first-order valence-electron chi connectivity index (χ1n) is 7.47. The third-order valence-corrected chi connectivity index (χ3v) is 3.33.